The van der Waals surface area contributed by atoms with Gasteiger partial charge in [0.15, 0.2) is 11.5 Å². The summed E-state index contributed by atoms with van der Waals surface area (Å²) in [5.74, 6) is 0.291. The molecule has 1 fully saturated rings. The molecule has 1 aromatic carbocycles. The molecule has 1 N–H and O–H groups in total. The lowest BCUT2D eigenvalue weighted by molar-refractivity contribution is -0.152. The lowest BCUT2D eigenvalue weighted by atomic mass is 9.98. The van der Waals surface area contributed by atoms with Crippen molar-refractivity contribution in [2.24, 2.45) is 0 Å². The smallest absolute Gasteiger partial charge is 0.252 e. The van der Waals surface area contributed by atoms with Crippen molar-refractivity contribution in [1.29, 1.82) is 0 Å². The van der Waals surface area contributed by atoms with Crippen LogP contribution in [0.4, 0.5) is 0 Å². The van der Waals surface area contributed by atoms with Crippen LogP contribution in [0.2, 0.25) is 0 Å². The van der Waals surface area contributed by atoms with Crippen LogP contribution in [0, 0.1) is 6.92 Å². The normalized spacial score (nSPS) is 17.2. The number of piperazine rings is 1. The Hall–Kier alpha value is -2.77. The maximum Gasteiger partial charge on any atom is 0.252 e. The summed E-state index contributed by atoms with van der Waals surface area (Å²) < 4.78 is 16.1. The Bertz CT molecular complexity index is 716. The van der Waals surface area contributed by atoms with E-state index in [1.165, 1.54) is 28.3 Å². The third-order valence-corrected chi connectivity index (χ3v) is 4.14. The molecule has 3 amide bonds. The van der Waals surface area contributed by atoms with Crippen LogP contribution in [0.1, 0.15) is 18.1 Å². The highest BCUT2D eigenvalue weighted by Crippen LogP contribution is 2.40. The quantitative estimate of drug-likeness (QED) is 0.828. The van der Waals surface area contributed by atoms with Gasteiger partial charge in [-0.2, -0.15) is 0 Å². The highest BCUT2D eigenvalue weighted by Gasteiger charge is 2.35. The maximum absolute atomic E-state index is 12.5. The highest BCUT2D eigenvalue weighted by atomic mass is 16.5. The number of ether oxygens (including phenoxy) is 3. The average Bonchev–Trinajstić information content (AvgIpc) is 2.57. The van der Waals surface area contributed by atoms with E-state index in [1.54, 1.807) is 6.07 Å². The second-order valence-corrected chi connectivity index (χ2v) is 5.70. The monoisotopic (exact) mass is 350 g/mol. The van der Waals surface area contributed by atoms with Crippen LogP contribution >= 0.6 is 0 Å². The number of benzene rings is 1. The van der Waals surface area contributed by atoms with Gasteiger partial charge in [0.1, 0.15) is 18.3 Å². The number of methoxy groups -OCH3 is 3. The maximum atomic E-state index is 12.5. The fourth-order valence-electron chi connectivity index (χ4n) is 3.00. The van der Waals surface area contributed by atoms with Crippen molar-refractivity contribution in [3.63, 3.8) is 0 Å². The number of amides is 3. The van der Waals surface area contributed by atoms with E-state index in [0.717, 1.165) is 10.5 Å². The van der Waals surface area contributed by atoms with Crippen molar-refractivity contribution in [1.82, 2.24) is 10.2 Å². The number of carbonyl (C=O) groups is 3. The van der Waals surface area contributed by atoms with Gasteiger partial charge >= 0.3 is 0 Å². The van der Waals surface area contributed by atoms with E-state index in [-0.39, 0.29) is 18.9 Å². The molecule has 1 saturated heterocycles. The Morgan fingerprint density at radius 2 is 1.84 bits per heavy atom. The van der Waals surface area contributed by atoms with Crippen LogP contribution in [-0.4, -0.2) is 56.5 Å². The van der Waals surface area contributed by atoms with Gasteiger partial charge in [-0.25, -0.2) is 0 Å². The fraction of sp³-hybridized carbons (Fsp3) is 0.471. The second-order valence-electron chi connectivity index (χ2n) is 5.70. The number of rotatable bonds is 5. The molecule has 1 unspecified atom stereocenters. The van der Waals surface area contributed by atoms with Gasteiger partial charge in [0.05, 0.1) is 21.3 Å². The number of hydrogen-bond acceptors (Lipinski definition) is 6. The van der Waals surface area contributed by atoms with E-state index in [0.29, 0.717) is 22.8 Å². The summed E-state index contributed by atoms with van der Waals surface area (Å²) in [4.78, 5) is 36.8. The van der Waals surface area contributed by atoms with Crippen LogP contribution in [0.15, 0.2) is 6.07 Å². The second kappa shape index (κ2) is 7.42. The van der Waals surface area contributed by atoms with Gasteiger partial charge in [-0.05, 0) is 13.0 Å². The molecule has 25 heavy (non-hydrogen) atoms. The predicted molar refractivity (Wildman–Crippen MR) is 88.9 cm³/mol. The van der Waals surface area contributed by atoms with Crippen molar-refractivity contribution in [3.05, 3.63) is 17.2 Å². The average molecular weight is 350 g/mol. The SMILES string of the molecule is COc1cc(CC2NC(=O)CN(C(C)=O)C2=O)c(OC)c(C)c1OC. The standard InChI is InChI=1S/C17H22N2O6/c1-9-15(24-4)11(7-13(23-3)16(9)25-5)6-12-17(22)19(10(2)20)8-14(21)18-12/h7,12H,6,8H2,1-5H3,(H,18,21). The van der Waals surface area contributed by atoms with Crippen LogP contribution < -0.4 is 19.5 Å². The number of hydrogen-bond donors (Lipinski definition) is 1. The zero-order chi connectivity index (χ0) is 18.7. The van der Waals surface area contributed by atoms with Crippen molar-refractivity contribution in [3.8, 4) is 17.2 Å². The fourth-order valence-corrected chi connectivity index (χ4v) is 3.00. The molecule has 1 heterocycles. The molecule has 8 heteroatoms. The summed E-state index contributed by atoms with van der Waals surface area (Å²) in [6.45, 7) is 2.81. The summed E-state index contributed by atoms with van der Waals surface area (Å²) in [6.07, 6.45) is 0.165. The van der Waals surface area contributed by atoms with Crippen molar-refractivity contribution in [2.45, 2.75) is 26.3 Å². The minimum Gasteiger partial charge on any atom is -0.496 e. The third-order valence-electron chi connectivity index (χ3n) is 4.14. The van der Waals surface area contributed by atoms with Gasteiger partial charge in [0, 0.05) is 24.5 Å². The Kier molecular flexibility index (Phi) is 5.51. The molecule has 0 aliphatic carbocycles. The van der Waals surface area contributed by atoms with Crippen LogP contribution in [0.3, 0.4) is 0 Å². The lowest BCUT2D eigenvalue weighted by Gasteiger charge is -2.31. The molecule has 0 aromatic heterocycles. The van der Waals surface area contributed by atoms with Gasteiger partial charge < -0.3 is 19.5 Å². The topological polar surface area (TPSA) is 94.2 Å². The van der Waals surface area contributed by atoms with Crippen LogP contribution in [-0.2, 0) is 20.8 Å². The minimum atomic E-state index is -0.850. The minimum absolute atomic E-state index is 0.165. The van der Waals surface area contributed by atoms with E-state index in [2.05, 4.69) is 5.32 Å². The molecular weight excluding hydrogens is 328 g/mol. The zero-order valence-corrected chi connectivity index (χ0v) is 15.0. The van der Waals surface area contributed by atoms with E-state index < -0.39 is 17.9 Å². The molecule has 1 aliphatic rings. The van der Waals surface area contributed by atoms with Crippen LogP contribution in [0.5, 0.6) is 17.2 Å². The number of imide groups is 1. The Morgan fingerprint density at radius 3 is 2.36 bits per heavy atom. The third kappa shape index (κ3) is 3.52. The summed E-state index contributed by atoms with van der Waals surface area (Å²) in [5, 5.41) is 2.63. The number of nitrogens with one attached hydrogen (secondary N) is 1. The van der Waals surface area contributed by atoms with Crippen molar-refractivity contribution < 1.29 is 28.6 Å². The Balaban J connectivity index is 2.41. The molecule has 136 valence electrons. The van der Waals surface area contributed by atoms with Gasteiger partial charge in [-0.1, -0.05) is 0 Å². The Labute approximate surface area is 146 Å². The molecular formula is C17H22N2O6. The van der Waals surface area contributed by atoms with E-state index in [9.17, 15) is 14.4 Å². The van der Waals surface area contributed by atoms with Gasteiger partial charge in [0.25, 0.3) is 5.91 Å². The first kappa shape index (κ1) is 18.6. The molecule has 8 nitrogen and oxygen atoms in total. The summed E-state index contributed by atoms with van der Waals surface area (Å²) in [7, 11) is 4.55. The van der Waals surface area contributed by atoms with E-state index in [1.807, 2.05) is 6.92 Å². The van der Waals surface area contributed by atoms with E-state index >= 15 is 0 Å². The zero-order valence-electron chi connectivity index (χ0n) is 15.0. The molecule has 0 saturated carbocycles. The molecule has 1 atom stereocenters. The highest BCUT2D eigenvalue weighted by molar-refractivity contribution is 6.04. The lowest BCUT2D eigenvalue weighted by Crippen LogP contribution is -2.59. The van der Waals surface area contributed by atoms with Crippen LogP contribution in [0.25, 0.3) is 0 Å². The first-order valence-corrected chi connectivity index (χ1v) is 7.73. The predicted octanol–water partition coefficient (Wildman–Crippen LogP) is 0.437. The summed E-state index contributed by atoms with van der Waals surface area (Å²) in [5.41, 5.74) is 1.39. The summed E-state index contributed by atoms with van der Waals surface area (Å²) in [6, 6.07) is 0.855. The first-order valence-electron chi connectivity index (χ1n) is 7.73. The van der Waals surface area contributed by atoms with Gasteiger partial charge in [0.2, 0.25) is 11.8 Å². The summed E-state index contributed by atoms with van der Waals surface area (Å²) >= 11 is 0. The van der Waals surface area contributed by atoms with Crippen molar-refractivity contribution in [2.75, 3.05) is 27.9 Å². The van der Waals surface area contributed by atoms with Gasteiger partial charge in [-0.15, -0.1) is 0 Å². The van der Waals surface area contributed by atoms with Crippen molar-refractivity contribution >= 4 is 17.7 Å². The molecule has 1 aliphatic heterocycles. The van der Waals surface area contributed by atoms with E-state index in [4.69, 9.17) is 14.2 Å². The molecule has 2 rings (SSSR count). The Morgan fingerprint density at radius 1 is 1.20 bits per heavy atom. The molecule has 1 aromatic rings. The number of nitrogens with zero attached hydrogens (tertiary/aromatic N) is 1. The first-order chi connectivity index (χ1) is 11.8. The molecule has 0 radical (unpaired) electrons. The van der Waals surface area contributed by atoms with Gasteiger partial charge in [-0.3, -0.25) is 19.3 Å². The molecule has 0 bridgehead atoms. The largest absolute Gasteiger partial charge is 0.496 e. The number of carbonyl (C=O) groups excluding carboxylic acids is 3. The molecule has 0 spiro atoms.